The summed E-state index contributed by atoms with van der Waals surface area (Å²) >= 11 is 5.20. The SMILES string of the molecule is COc1ccc(-c2nc(C)c(CCN)s2)cc1Br. The Labute approximate surface area is 119 Å². The van der Waals surface area contributed by atoms with Crippen molar-refractivity contribution in [2.45, 2.75) is 13.3 Å². The zero-order valence-electron chi connectivity index (χ0n) is 10.4. The lowest BCUT2D eigenvalue weighted by Crippen LogP contribution is -2.01. The van der Waals surface area contributed by atoms with Crippen molar-refractivity contribution in [3.8, 4) is 16.3 Å². The molecule has 0 fully saturated rings. The zero-order valence-corrected chi connectivity index (χ0v) is 12.8. The molecule has 2 aromatic rings. The lowest BCUT2D eigenvalue weighted by molar-refractivity contribution is 0.412. The van der Waals surface area contributed by atoms with Crippen molar-refractivity contribution in [2.24, 2.45) is 5.73 Å². The van der Waals surface area contributed by atoms with E-state index in [1.165, 1.54) is 4.88 Å². The molecule has 1 heterocycles. The van der Waals surface area contributed by atoms with E-state index in [1.54, 1.807) is 18.4 Å². The maximum absolute atomic E-state index is 5.59. The van der Waals surface area contributed by atoms with Gasteiger partial charge in [0, 0.05) is 10.4 Å². The standard InChI is InChI=1S/C13H15BrN2OS/c1-8-12(5-6-15)18-13(16-8)9-3-4-11(17-2)10(14)7-9/h3-4,7H,5-6,15H2,1-2H3. The molecular formula is C13H15BrN2OS. The van der Waals surface area contributed by atoms with Gasteiger partial charge >= 0.3 is 0 Å². The van der Waals surface area contributed by atoms with Crippen LogP contribution < -0.4 is 10.5 Å². The van der Waals surface area contributed by atoms with Gasteiger partial charge in [-0.1, -0.05) is 0 Å². The molecule has 0 bridgehead atoms. The van der Waals surface area contributed by atoms with Crippen LogP contribution >= 0.6 is 27.3 Å². The van der Waals surface area contributed by atoms with E-state index >= 15 is 0 Å². The fourth-order valence-electron chi connectivity index (χ4n) is 1.71. The van der Waals surface area contributed by atoms with Crippen LogP contribution in [-0.4, -0.2) is 18.6 Å². The van der Waals surface area contributed by atoms with E-state index in [2.05, 4.69) is 20.9 Å². The second-order valence-corrected chi connectivity index (χ2v) is 5.85. The third kappa shape index (κ3) is 2.74. The number of rotatable bonds is 4. The van der Waals surface area contributed by atoms with Crippen LogP contribution in [0.15, 0.2) is 22.7 Å². The summed E-state index contributed by atoms with van der Waals surface area (Å²) in [5.41, 5.74) is 7.77. The topological polar surface area (TPSA) is 48.1 Å². The van der Waals surface area contributed by atoms with E-state index in [-0.39, 0.29) is 0 Å². The first-order valence-electron chi connectivity index (χ1n) is 5.66. The first-order valence-corrected chi connectivity index (χ1v) is 7.27. The summed E-state index contributed by atoms with van der Waals surface area (Å²) in [5.74, 6) is 0.828. The Balaban J connectivity index is 2.36. The molecule has 0 amide bonds. The van der Waals surface area contributed by atoms with E-state index in [9.17, 15) is 0 Å². The van der Waals surface area contributed by atoms with Crippen molar-refractivity contribution >= 4 is 27.3 Å². The number of nitrogens with zero attached hydrogens (tertiary/aromatic N) is 1. The third-order valence-corrected chi connectivity index (χ3v) is 4.55. The van der Waals surface area contributed by atoms with Crippen molar-refractivity contribution in [2.75, 3.05) is 13.7 Å². The fraction of sp³-hybridized carbons (Fsp3) is 0.308. The number of hydrogen-bond donors (Lipinski definition) is 1. The monoisotopic (exact) mass is 326 g/mol. The van der Waals surface area contributed by atoms with Crippen LogP contribution in [0.1, 0.15) is 10.6 Å². The van der Waals surface area contributed by atoms with Crippen LogP contribution in [-0.2, 0) is 6.42 Å². The van der Waals surface area contributed by atoms with Crippen LogP contribution in [0.25, 0.3) is 10.6 Å². The second-order valence-electron chi connectivity index (χ2n) is 3.92. The van der Waals surface area contributed by atoms with Gasteiger partial charge in [0.15, 0.2) is 0 Å². The largest absolute Gasteiger partial charge is 0.496 e. The molecule has 18 heavy (non-hydrogen) atoms. The normalized spacial score (nSPS) is 10.7. The van der Waals surface area contributed by atoms with Crippen LogP contribution in [0.5, 0.6) is 5.75 Å². The summed E-state index contributed by atoms with van der Waals surface area (Å²) in [6.07, 6.45) is 0.890. The highest BCUT2D eigenvalue weighted by Gasteiger charge is 2.10. The van der Waals surface area contributed by atoms with E-state index in [0.29, 0.717) is 6.54 Å². The van der Waals surface area contributed by atoms with Crippen LogP contribution in [0.4, 0.5) is 0 Å². The number of benzene rings is 1. The minimum atomic E-state index is 0.661. The Morgan fingerprint density at radius 3 is 2.83 bits per heavy atom. The molecule has 2 rings (SSSR count). The van der Waals surface area contributed by atoms with Crippen molar-refractivity contribution in [1.82, 2.24) is 4.98 Å². The van der Waals surface area contributed by atoms with Gasteiger partial charge in [-0.3, -0.25) is 0 Å². The predicted octanol–water partition coefficient (Wildman–Crippen LogP) is 3.39. The molecule has 0 aliphatic heterocycles. The first-order chi connectivity index (χ1) is 8.65. The summed E-state index contributed by atoms with van der Waals surface area (Å²) in [6.45, 7) is 2.69. The number of methoxy groups -OCH3 is 1. The van der Waals surface area contributed by atoms with E-state index in [4.69, 9.17) is 10.5 Å². The molecule has 0 saturated carbocycles. The summed E-state index contributed by atoms with van der Waals surface area (Å²) < 4.78 is 6.16. The van der Waals surface area contributed by atoms with Crippen molar-refractivity contribution in [1.29, 1.82) is 0 Å². The highest BCUT2D eigenvalue weighted by Crippen LogP contribution is 2.33. The number of aryl methyl sites for hydroxylation is 1. The van der Waals surface area contributed by atoms with Crippen LogP contribution in [0, 0.1) is 6.92 Å². The number of aromatic nitrogens is 1. The fourth-order valence-corrected chi connectivity index (χ4v) is 3.33. The van der Waals surface area contributed by atoms with Crippen molar-refractivity contribution in [3.63, 3.8) is 0 Å². The van der Waals surface area contributed by atoms with Gasteiger partial charge in [-0.2, -0.15) is 0 Å². The molecule has 0 spiro atoms. The third-order valence-electron chi connectivity index (χ3n) is 2.66. The Hall–Kier alpha value is -0.910. The molecular weight excluding hydrogens is 312 g/mol. The molecule has 0 atom stereocenters. The van der Waals surface area contributed by atoms with Crippen LogP contribution in [0.2, 0.25) is 0 Å². The molecule has 3 nitrogen and oxygen atoms in total. The highest BCUT2D eigenvalue weighted by molar-refractivity contribution is 9.10. The Kier molecular flexibility index (Phi) is 4.37. The van der Waals surface area contributed by atoms with Crippen molar-refractivity contribution < 1.29 is 4.74 Å². The summed E-state index contributed by atoms with van der Waals surface area (Å²) in [7, 11) is 1.66. The lowest BCUT2D eigenvalue weighted by atomic mass is 10.2. The number of thiazole rings is 1. The molecule has 96 valence electrons. The first kappa shape index (κ1) is 13.5. The van der Waals surface area contributed by atoms with Gasteiger partial charge in [0.05, 0.1) is 17.3 Å². The number of halogens is 1. The Bertz CT molecular complexity index is 554. The molecule has 5 heteroatoms. The molecule has 1 aromatic heterocycles. The molecule has 1 aromatic carbocycles. The number of hydrogen-bond acceptors (Lipinski definition) is 4. The minimum Gasteiger partial charge on any atom is -0.496 e. The summed E-state index contributed by atoms with van der Waals surface area (Å²) in [6, 6.07) is 6.00. The van der Waals surface area contributed by atoms with Gasteiger partial charge in [-0.05, 0) is 54.0 Å². The number of nitrogens with two attached hydrogens (primary N) is 1. The maximum atomic E-state index is 5.59. The van der Waals surface area contributed by atoms with Gasteiger partial charge < -0.3 is 10.5 Å². The molecule has 0 unspecified atom stereocenters. The Morgan fingerprint density at radius 2 is 2.22 bits per heavy atom. The molecule has 2 N–H and O–H groups in total. The molecule has 0 aliphatic carbocycles. The van der Waals surface area contributed by atoms with Crippen molar-refractivity contribution in [3.05, 3.63) is 33.2 Å². The van der Waals surface area contributed by atoms with E-state index in [1.807, 2.05) is 25.1 Å². The highest BCUT2D eigenvalue weighted by atomic mass is 79.9. The average Bonchev–Trinajstić information content (AvgIpc) is 2.71. The number of ether oxygens (including phenoxy) is 1. The van der Waals surface area contributed by atoms with Crippen LogP contribution in [0.3, 0.4) is 0 Å². The van der Waals surface area contributed by atoms with Gasteiger partial charge in [0.2, 0.25) is 0 Å². The van der Waals surface area contributed by atoms with Gasteiger partial charge in [0.25, 0.3) is 0 Å². The lowest BCUT2D eigenvalue weighted by Gasteiger charge is -2.04. The average molecular weight is 327 g/mol. The smallest absolute Gasteiger partial charge is 0.133 e. The minimum absolute atomic E-state index is 0.661. The van der Waals surface area contributed by atoms with Gasteiger partial charge in [-0.15, -0.1) is 11.3 Å². The second kappa shape index (κ2) is 5.82. The molecule has 0 saturated heterocycles. The maximum Gasteiger partial charge on any atom is 0.133 e. The Morgan fingerprint density at radius 1 is 1.44 bits per heavy atom. The summed E-state index contributed by atoms with van der Waals surface area (Å²) in [5, 5.41) is 1.03. The molecule has 0 radical (unpaired) electrons. The van der Waals surface area contributed by atoms with Gasteiger partial charge in [0.1, 0.15) is 10.8 Å². The van der Waals surface area contributed by atoms with E-state index < -0.39 is 0 Å². The van der Waals surface area contributed by atoms with Gasteiger partial charge in [-0.25, -0.2) is 4.98 Å². The van der Waals surface area contributed by atoms with E-state index in [0.717, 1.165) is 32.9 Å². The zero-order chi connectivity index (χ0) is 13.1. The quantitative estimate of drug-likeness (QED) is 0.936. The summed E-state index contributed by atoms with van der Waals surface area (Å²) in [4.78, 5) is 5.86. The predicted molar refractivity (Wildman–Crippen MR) is 79.3 cm³/mol. The molecule has 0 aliphatic rings.